The van der Waals surface area contributed by atoms with Crippen molar-refractivity contribution < 1.29 is 13.2 Å². The van der Waals surface area contributed by atoms with Crippen LogP contribution in [0.3, 0.4) is 0 Å². The summed E-state index contributed by atoms with van der Waals surface area (Å²) in [5.74, 6) is 0.479. The fourth-order valence-corrected chi connectivity index (χ4v) is 3.30. The van der Waals surface area contributed by atoms with Gasteiger partial charge in [0.05, 0.1) is 11.6 Å². The summed E-state index contributed by atoms with van der Waals surface area (Å²) >= 11 is 5.99. The minimum Gasteiger partial charge on any atom is -0.380 e. The van der Waals surface area contributed by atoms with Gasteiger partial charge in [0.1, 0.15) is 10.7 Å². The van der Waals surface area contributed by atoms with Gasteiger partial charge in [0.15, 0.2) is 0 Å². The summed E-state index contributed by atoms with van der Waals surface area (Å²) in [4.78, 5) is 4.08. The Kier molecular flexibility index (Phi) is 4.62. The Hall–Kier alpha value is -0.890. The van der Waals surface area contributed by atoms with E-state index >= 15 is 0 Å². The van der Waals surface area contributed by atoms with Crippen molar-refractivity contribution in [3.05, 3.63) is 17.3 Å². The highest BCUT2D eigenvalue weighted by molar-refractivity contribution is 7.89. The molecule has 0 saturated carbocycles. The van der Waals surface area contributed by atoms with Gasteiger partial charge in [0.25, 0.3) is 0 Å². The molecule has 1 atom stereocenters. The highest BCUT2D eigenvalue weighted by atomic mass is 35.5. The maximum atomic E-state index is 12.1. The van der Waals surface area contributed by atoms with E-state index in [1.165, 1.54) is 12.3 Å². The smallest absolute Gasteiger partial charge is 0.242 e. The molecular weight excluding hydrogens is 290 g/mol. The highest BCUT2D eigenvalue weighted by Gasteiger charge is 2.24. The highest BCUT2D eigenvalue weighted by Crippen LogP contribution is 2.22. The third-order valence-electron chi connectivity index (χ3n) is 2.72. The molecule has 1 saturated heterocycles. The second kappa shape index (κ2) is 6.04. The van der Waals surface area contributed by atoms with Gasteiger partial charge >= 0.3 is 0 Å². The van der Waals surface area contributed by atoms with E-state index in [9.17, 15) is 8.42 Å². The van der Waals surface area contributed by atoms with E-state index in [2.05, 4.69) is 15.0 Å². The van der Waals surface area contributed by atoms with Gasteiger partial charge in [-0.1, -0.05) is 11.6 Å². The minimum atomic E-state index is -3.60. The van der Waals surface area contributed by atoms with E-state index in [-0.39, 0.29) is 16.0 Å². The molecule has 8 heteroatoms. The van der Waals surface area contributed by atoms with E-state index in [0.29, 0.717) is 32.0 Å². The second-order valence-electron chi connectivity index (χ2n) is 4.21. The first-order valence-electron chi connectivity index (χ1n) is 6.02. The van der Waals surface area contributed by atoms with Gasteiger partial charge in [0.2, 0.25) is 10.0 Å². The quantitative estimate of drug-likeness (QED) is 0.855. The van der Waals surface area contributed by atoms with Gasteiger partial charge in [-0.3, -0.25) is 0 Å². The first-order valence-corrected chi connectivity index (χ1v) is 7.88. The largest absolute Gasteiger partial charge is 0.380 e. The molecule has 19 heavy (non-hydrogen) atoms. The Balaban J connectivity index is 2.17. The molecule has 1 unspecified atom stereocenters. The molecule has 1 aromatic heterocycles. The third kappa shape index (κ3) is 3.56. The van der Waals surface area contributed by atoms with Gasteiger partial charge in [-0.2, -0.15) is 0 Å². The average molecular weight is 306 g/mol. The Bertz CT molecular complexity index is 544. The lowest BCUT2D eigenvalue weighted by Gasteiger charge is -2.12. The van der Waals surface area contributed by atoms with E-state index in [1.54, 1.807) is 0 Å². The normalized spacial score (nSPS) is 19.6. The van der Waals surface area contributed by atoms with E-state index < -0.39 is 10.0 Å². The molecule has 1 aliphatic rings. The van der Waals surface area contributed by atoms with Crippen molar-refractivity contribution in [1.82, 2.24) is 9.71 Å². The molecule has 1 fully saturated rings. The fraction of sp³-hybridized carbons (Fsp3) is 0.545. The maximum absolute atomic E-state index is 12.1. The second-order valence-corrected chi connectivity index (χ2v) is 6.33. The monoisotopic (exact) mass is 305 g/mol. The molecule has 0 spiro atoms. The number of sulfonamides is 1. The van der Waals surface area contributed by atoms with Crippen LogP contribution < -0.4 is 10.0 Å². The minimum absolute atomic E-state index is 0.0612. The summed E-state index contributed by atoms with van der Waals surface area (Å²) in [7, 11) is -3.60. The molecule has 0 aromatic carbocycles. The van der Waals surface area contributed by atoms with Crippen molar-refractivity contribution in [2.24, 2.45) is 0 Å². The van der Waals surface area contributed by atoms with E-state index in [1.807, 2.05) is 6.92 Å². The molecule has 0 radical (unpaired) electrons. The Labute approximate surface area is 117 Å². The van der Waals surface area contributed by atoms with Crippen molar-refractivity contribution in [2.75, 3.05) is 25.1 Å². The summed E-state index contributed by atoms with van der Waals surface area (Å²) in [6.45, 7) is 3.54. The van der Waals surface area contributed by atoms with Gasteiger partial charge in [0, 0.05) is 25.4 Å². The van der Waals surface area contributed by atoms with Crippen molar-refractivity contribution in [1.29, 1.82) is 0 Å². The van der Waals surface area contributed by atoms with Crippen LogP contribution in [0.1, 0.15) is 13.3 Å². The fourth-order valence-electron chi connectivity index (χ4n) is 1.78. The number of nitrogens with one attached hydrogen (secondary N) is 2. The van der Waals surface area contributed by atoms with Crippen LogP contribution >= 0.6 is 11.6 Å². The number of hydrogen-bond acceptors (Lipinski definition) is 5. The number of aromatic nitrogens is 1. The summed E-state index contributed by atoms with van der Waals surface area (Å²) < 4.78 is 32.0. The zero-order valence-electron chi connectivity index (χ0n) is 10.5. The first-order chi connectivity index (χ1) is 9.03. The number of ether oxygens (including phenoxy) is 1. The van der Waals surface area contributed by atoms with Gasteiger partial charge in [-0.05, 0) is 19.4 Å². The predicted molar refractivity (Wildman–Crippen MR) is 73.0 cm³/mol. The van der Waals surface area contributed by atoms with Crippen LogP contribution in [0.25, 0.3) is 0 Å². The Morgan fingerprint density at radius 3 is 2.95 bits per heavy atom. The number of nitrogens with zero attached hydrogens (tertiary/aromatic N) is 1. The lowest BCUT2D eigenvalue weighted by molar-refractivity contribution is 0.192. The Morgan fingerprint density at radius 2 is 2.37 bits per heavy atom. The molecule has 0 bridgehead atoms. The topological polar surface area (TPSA) is 80.3 Å². The van der Waals surface area contributed by atoms with Crippen LogP contribution in [-0.4, -0.2) is 39.2 Å². The molecule has 2 rings (SSSR count). The van der Waals surface area contributed by atoms with Crippen molar-refractivity contribution in [3.8, 4) is 0 Å². The van der Waals surface area contributed by atoms with Crippen LogP contribution in [-0.2, 0) is 14.8 Å². The molecule has 1 aromatic rings. The Morgan fingerprint density at radius 1 is 1.58 bits per heavy atom. The van der Waals surface area contributed by atoms with Crippen LogP contribution in [0.5, 0.6) is 0 Å². The van der Waals surface area contributed by atoms with Crippen LogP contribution in [0.15, 0.2) is 17.2 Å². The lowest BCUT2D eigenvalue weighted by atomic mass is 10.3. The standard InChI is InChI=1S/C11H16ClN3O3S/c1-2-13-11-10(12)5-9(6-14-11)19(16,17)15-8-3-4-18-7-8/h5-6,8,15H,2-4,7H2,1H3,(H,13,14). The van der Waals surface area contributed by atoms with Crippen LogP contribution in [0.2, 0.25) is 5.02 Å². The first kappa shape index (κ1) is 14.5. The average Bonchev–Trinajstić information content (AvgIpc) is 2.84. The van der Waals surface area contributed by atoms with Gasteiger partial charge in [-0.25, -0.2) is 18.1 Å². The van der Waals surface area contributed by atoms with Gasteiger partial charge in [-0.15, -0.1) is 0 Å². The zero-order valence-corrected chi connectivity index (χ0v) is 12.1. The van der Waals surface area contributed by atoms with Crippen molar-refractivity contribution >= 4 is 27.4 Å². The molecule has 0 amide bonds. The van der Waals surface area contributed by atoms with Gasteiger partial charge < -0.3 is 10.1 Å². The molecular formula is C11H16ClN3O3S. The third-order valence-corrected chi connectivity index (χ3v) is 4.50. The number of anilines is 1. The zero-order chi connectivity index (χ0) is 13.9. The summed E-state index contributed by atoms with van der Waals surface area (Å²) in [6, 6.07) is 1.21. The van der Waals surface area contributed by atoms with Crippen LogP contribution in [0, 0.1) is 0 Å². The molecule has 106 valence electrons. The van der Waals surface area contributed by atoms with Crippen molar-refractivity contribution in [2.45, 2.75) is 24.3 Å². The van der Waals surface area contributed by atoms with E-state index in [4.69, 9.17) is 16.3 Å². The number of pyridine rings is 1. The number of hydrogen-bond donors (Lipinski definition) is 2. The summed E-state index contributed by atoms with van der Waals surface area (Å²) in [6.07, 6.45) is 1.97. The van der Waals surface area contributed by atoms with Crippen molar-refractivity contribution in [3.63, 3.8) is 0 Å². The molecule has 2 heterocycles. The number of halogens is 1. The summed E-state index contributed by atoms with van der Waals surface area (Å²) in [5.41, 5.74) is 0. The predicted octanol–water partition coefficient (Wildman–Crippen LogP) is 1.23. The molecule has 0 aliphatic carbocycles. The maximum Gasteiger partial charge on any atom is 0.242 e. The lowest BCUT2D eigenvalue weighted by Crippen LogP contribution is -2.35. The SMILES string of the molecule is CCNc1ncc(S(=O)(=O)NC2CCOC2)cc1Cl. The molecule has 6 nitrogen and oxygen atoms in total. The number of rotatable bonds is 5. The molecule has 1 aliphatic heterocycles. The van der Waals surface area contributed by atoms with Crippen LogP contribution in [0.4, 0.5) is 5.82 Å². The molecule has 2 N–H and O–H groups in total. The summed E-state index contributed by atoms with van der Waals surface area (Å²) in [5, 5.41) is 3.23. The van der Waals surface area contributed by atoms with E-state index in [0.717, 1.165) is 0 Å².